The first-order valence-corrected chi connectivity index (χ1v) is 17.2. The fourth-order valence-electron chi connectivity index (χ4n) is 5.71. The molecule has 1 aromatic carbocycles. The molecule has 284 valence electrons. The third-order valence-corrected chi connectivity index (χ3v) is 8.96. The number of benzene rings is 1. The lowest BCUT2D eigenvalue weighted by Crippen LogP contribution is -2.42. The monoisotopic (exact) mass is 799 g/mol. The molecule has 2 aromatic rings. The number of hydrogen-bond donors (Lipinski definition) is 1. The molecule has 0 bridgehead atoms. The molecule has 1 atom stereocenters. The summed E-state index contributed by atoms with van der Waals surface area (Å²) in [6.45, 7) is 3.00. The molecule has 1 aromatic heterocycles. The molecule has 1 aliphatic heterocycles. The second-order valence-corrected chi connectivity index (χ2v) is 13.9. The van der Waals surface area contributed by atoms with Gasteiger partial charge in [-0.05, 0) is 61.6 Å². The molecule has 0 spiro atoms. The largest absolute Gasteiger partial charge is 0.489 e. The van der Waals surface area contributed by atoms with E-state index in [0.29, 0.717) is 18.2 Å². The van der Waals surface area contributed by atoms with Crippen LogP contribution in [0.25, 0.3) is 0 Å². The van der Waals surface area contributed by atoms with E-state index in [1.165, 1.54) is 19.5 Å². The van der Waals surface area contributed by atoms with Crippen LogP contribution in [0.1, 0.15) is 49.3 Å². The number of halogens is 9. The maximum Gasteiger partial charge on any atom is 0.416 e. The van der Waals surface area contributed by atoms with Crippen LogP contribution in [-0.2, 0) is 33.5 Å². The quantitative estimate of drug-likeness (QED) is 0.197. The average Bonchev–Trinajstić information content (AvgIpc) is 3.51. The Bertz CT molecular complexity index is 1510. The van der Waals surface area contributed by atoms with E-state index in [2.05, 4.69) is 20.2 Å². The molecule has 1 saturated carbocycles. The lowest BCUT2D eigenvalue weighted by atomic mass is 10.0. The van der Waals surface area contributed by atoms with Gasteiger partial charge in [0.1, 0.15) is 12.8 Å². The third kappa shape index (κ3) is 12.8. The highest BCUT2D eigenvalue weighted by molar-refractivity contribution is 7.90. The third-order valence-electron chi connectivity index (χ3n) is 8.05. The van der Waals surface area contributed by atoms with Crippen molar-refractivity contribution in [3.05, 3.63) is 70.8 Å². The molecule has 50 heavy (non-hydrogen) atoms. The lowest BCUT2D eigenvalue weighted by Gasteiger charge is -2.40. The number of nitrogens with one attached hydrogen (secondary N) is 1. The second kappa shape index (κ2) is 19.3. The normalized spacial score (nSPS) is 16.7. The fourth-order valence-corrected chi connectivity index (χ4v) is 6.10. The van der Waals surface area contributed by atoms with Crippen LogP contribution in [-0.4, -0.2) is 79.8 Å². The number of methoxy groups -OCH3 is 1. The minimum Gasteiger partial charge on any atom is -0.489 e. The molecule has 2 heterocycles. The van der Waals surface area contributed by atoms with Crippen molar-refractivity contribution in [1.82, 2.24) is 19.8 Å². The molecule has 4 rings (SSSR count). The molecule has 1 unspecified atom stereocenters. The van der Waals surface area contributed by atoms with Crippen molar-refractivity contribution in [3.8, 4) is 5.75 Å². The van der Waals surface area contributed by atoms with Gasteiger partial charge in [0.2, 0.25) is 5.95 Å². The number of nitrogens with zero attached hydrogens (tertiary/aromatic N) is 4. The summed E-state index contributed by atoms with van der Waals surface area (Å²) in [6, 6.07) is 1.57. The number of sulfone groups is 1. The molecule has 0 radical (unpaired) electrons. The number of likely N-dealkylation sites (N-methyl/N-ethyl adjacent to an activating group) is 1. The molecular weight excluding hydrogens is 759 g/mol. The Kier molecular flexibility index (Phi) is 17.5. The van der Waals surface area contributed by atoms with Crippen LogP contribution in [0.3, 0.4) is 0 Å². The van der Waals surface area contributed by atoms with Gasteiger partial charge in [0.05, 0.1) is 47.2 Å². The summed E-state index contributed by atoms with van der Waals surface area (Å²) in [5.41, 5.74) is -1.65. The van der Waals surface area contributed by atoms with E-state index in [1.807, 2.05) is 13.0 Å². The van der Waals surface area contributed by atoms with Gasteiger partial charge in [-0.2, -0.15) is 26.3 Å². The van der Waals surface area contributed by atoms with Crippen LogP contribution in [0.4, 0.5) is 32.3 Å². The van der Waals surface area contributed by atoms with Crippen LogP contribution < -0.4 is 10.1 Å². The Morgan fingerprint density at radius 1 is 0.980 bits per heavy atom. The van der Waals surface area contributed by atoms with Gasteiger partial charge in [-0.25, -0.2) is 18.4 Å². The fraction of sp³-hybridized carbons (Fsp3) is 0.548. The van der Waals surface area contributed by atoms with Gasteiger partial charge < -0.3 is 24.6 Å². The first kappa shape index (κ1) is 45.4. The number of hydrogen-bond acceptors (Lipinski definition) is 9. The van der Waals surface area contributed by atoms with Crippen molar-refractivity contribution in [2.24, 2.45) is 5.92 Å². The Balaban J connectivity index is 0.00000417. The number of allylic oxidation sites excluding steroid dienone is 1. The van der Waals surface area contributed by atoms with Crippen LogP contribution >= 0.6 is 37.2 Å². The summed E-state index contributed by atoms with van der Waals surface area (Å²) < 4.78 is 116. The van der Waals surface area contributed by atoms with E-state index >= 15 is 0 Å². The Hall–Kier alpha value is -2.66. The zero-order valence-electron chi connectivity index (χ0n) is 27.6. The van der Waals surface area contributed by atoms with E-state index in [-0.39, 0.29) is 86.0 Å². The highest BCUT2D eigenvalue weighted by Gasteiger charge is 2.38. The minimum atomic E-state index is -4.98. The van der Waals surface area contributed by atoms with Crippen LogP contribution in [0.5, 0.6) is 5.75 Å². The summed E-state index contributed by atoms with van der Waals surface area (Å²) in [7, 11) is -1.81. The summed E-state index contributed by atoms with van der Waals surface area (Å²) >= 11 is 0. The van der Waals surface area contributed by atoms with E-state index in [1.54, 1.807) is 11.0 Å². The molecule has 1 fully saturated rings. The highest BCUT2D eigenvalue weighted by Crippen LogP contribution is 2.38. The van der Waals surface area contributed by atoms with Crippen LogP contribution in [0.2, 0.25) is 0 Å². The molecule has 1 N–H and O–H groups in total. The van der Waals surface area contributed by atoms with Gasteiger partial charge in [-0.15, -0.1) is 37.2 Å². The predicted molar refractivity (Wildman–Crippen MR) is 186 cm³/mol. The van der Waals surface area contributed by atoms with Crippen LogP contribution in [0.15, 0.2) is 54.1 Å². The SMILES string of the molecule is CCN(CC1CCCC1)C1=C(CNc2ncc(OCCS(C)(=O)=O)cn2)N(Cc2cc(C(F)(F)F)cc(C(F)(F)F)c2)C(OC)C=C1.Cl.Cl.Cl. The summed E-state index contributed by atoms with van der Waals surface area (Å²) in [4.78, 5) is 12.3. The first-order chi connectivity index (χ1) is 22.1. The van der Waals surface area contributed by atoms with Crippen molar-refractivity contribution >= 4 is 53.0 Å². The Morgan fingerprint density at radius 2 is 1.56 bits per heavy atom. The Morgan fingerprint density at radius 3 is 2.06 bits per heavy atom. The number of rotatable bonds is 14. The van der Waals surface area contributed by atoms with Crippen molar-refractivity contribution in [2.45, 2.75) is 57.7 Å². The van der Waals surface area contributed by atoms with Gasteiger partial charge in [0.15, 0.2) is 15.6 Å². The average molecular weight is 801 g/mol. The van der Waals surface area contributed by atoms with Gasteiger partial charge >= 0.3 is 12.4 Å². The number of alkyl halides is 6. The summed E-state index contributed by atoms with van der Waals surface area (Å²) in [6.07, 6.45) is 1.06. The van der Waals surface area contributed by atoms with Crippen molar-refractivity contribution in [3.63, 3.8) is 0 Å². The van der Waals surface area contributed by atoms with Crippen molar-refractivity contribution < 1.29 is 44.2 Å². The maximum absolute atomic E-state index is 13.7. The standard InChI is InChI=1S/C31H39F6N5O4S.3ClH/c1-4-41(19-21-7-5-6-8-21)26-9-10-28(45-2)42(20-22-13-23(30(32,33)34)15-24(14-22)31(35,36)37)27(26)18-40-29-38-16-25(17-39-29)46-11-12-47(3,43)44;;;/h9-10,13-17,21,28H,4-8,11-12,18-20H2,1-3H3,(H,38,39,40);3*1H. The van der Waals surface area contributed by atoms with Gasteiger partial charge in [-0.1, -0.05) is 12.8 Å². The molecule has 2 aliphatic rings. The first-order valence-electron chi connectivity index (χ1n) is 15.2. The van der Waals surface area contributed by atoms with Crippen molar-refractivity contribution in [2.75, 3.05) is 50.7 Å². The van der Waals surface area contributed by atoms with E-state index < -0.39 is 39.5 Å². The Labute approximate surface area is 307 Å². The lowest BCUT2D eigenvalue weighted by molar-refractivity contribution is -0.143. The predicted octanol–water partition coefficient (Wildman–Crippen LogP) is 7.38. The van der Waals surface area contributed by atoms with E-state index in [4.69, 9.17) is 9.47 Å². The van der Waals surface area contributed by atoms with E-state index in [9.17, 15) is 34.8 Å². The number of aromatic nitrogens is 2. The smallest absolute Gasteiger partial charge is 0.416 e. The molecule has 9 nitrogen and oxygen atoms in total. The van der Waals surface area contributed by atoms with Crippen LogP contribution in [0, 0.1) is 5.92 Å². The van der Waals surface area contributed by atoms with E-state index in [0.717, 1.165) is 56.3 Å². The molecule has 1 aliphatic carbocycles. The number of anilines is 1. The molecule has 19 heteroatoms. The highest BCUT2D eigenvalue weighted by atomic mass is 35.5. The number of ether oxygens (including phenoxy) is 2. The van der Waals surface area contributed by atoms with Gasteiger partial charge in [0, 0.05) is 33.0 Å². The second-order valence-electron chi connectivity index (χ2n) is 11.6. The topological polar surface area (TPSA) is 96.9 Å². The van der Waals surface area contributed by atoms with Crippen molar-refractivity contribution in [1.29, 1.82) is 0 Å². The summed E-state index contributed by atoms with van der Waals surface area (Å²) in [5.74, 6) is 0.696. The minimum absolute atomic E-state index is 0. The van der Waals surface area contributed by atoms with Gasteiger partial charge in [0.25, 0.3) is 0 Å². The zero-order chi connectivity index (χ0) is 34.4. The maximum atomic E-state index is 13.7. The summed E-state index contributed by atoms with van der Waals surface area (Å²) in [5, 5.41) is 3.11. The molecule has 0 amide bonds. The molecular formula is C31H42Cl3F6N5O4S. The van der Waals surface area contributed by atoms with Gasteiger partial charge in [-0.3, -0.25) is 0 Å². The molecule has 0 saturated heterocycles. The zero-order valence-corrected chi connectivity index (χ0v) is 30.9.